The van der Waals surface area contributed by atoms with E-state index in [9.17, 15) is 0 Å². The third kappa shape index (κ3) is 5.34. The molecule has 212 valence electrons. The van der Waals surface area contributed by atoms with Crippen LogP contribution in [-0.4, -0.2) is 0 Å². The van der Waals surface area contributed by atoms with Gasteiger partial charge in [-0.3, -0.25) is 0 Å². The SMILES string of the molecule is Cc1ccc(N(c2ccccc2)c2ccc(-c3ccc(N(c4ccccc4)c4ccc(C)cc4)c4ccccc34)cc2)cc1. The molecular weight excluding hydrogens is 532 g/mol. The van der Waals surface area contributed by atoms with Gasteiger partial charge in [-0.2, -0.15) is 0 Å². The molecule has 2 nitrogen and oxygen atoms in total. The number of aryl methyl sites for hydroxylation is 2. The third-order valence-electron chi connectivity index (χ3n) is 8.19. The van der Waals surface area contributed by atoms with Gasteiger partial charge in [0.05, 0.1) is 5.69 Å². The Morgan fingerprint density at radius 2 is 0.727 bits per heavy atom. The normalized spacial score (nSPS) is 11.0. The zero-order chi connectivity index (χ0) is 29.9. The van der Waals surface area contributed by atoms with Gasteiger partial charge in [-0.1, -0.05) is 114 Å². The van der Waals surface area contributed by atoms with Crippen molar-refractivity contribution in [1.29, 1.82) is 0 Å². The minimum Gasteiger partial charge on any atom is -0.311 e. The lowest BCUT2D eigenvalue weighted by Gasteiger charge is -2.28. The van der Waals surface area contributed by atoms with Gasteiger partial charge in [0, 0.05) is 33.8 Å². The molecule has 0 atom stereocenters. The Hall–Kier alpha value is -5.60. The van der Waals surface area contributed by atoms with Gasteiger partial charge in [0.15, 0.2) is 0 Å². The summed E-state index contributed by atoms with van der Waals surface area (Å²) in [6.45, 7) is 4.26. The molecular formula is C42H34N2. The summed E-state index contributed by atoms with van der Waals surface area (Å²) in [5.74, 6) is 0. The maximum atomic E-state index is 2.36. The Morgan fingerprint density at radius 3 is 1.27 bits per heavy atom. The Labute approximate surface area is 260 Å². The van der Waals surface area contributed by atoms with Crippen molar-refractivity contribution < 1.29 is 0 Å². The average molecular weight is 567 g/mol. The van der Waals surface area contributed by atoms with Gasteiger partial charge in [0.2, 0.25) is 0 Å². The van der Waals surface area contributed by atoms with Gasteiger partial charge in [-0.05, 0) is 97.1 Å². The van der Waals surface area contributed by atoms with E-state index in [0.29, 0.717) is 0 Å². The van der Waals surface area contributed by atoms with E-state index in [2.05, 4.69) is 194 Å². The van der Waals surface area contributed by atoms with Crippen LogP contribution in [0.5, 0.6) is 0 Å². The second-order valence-electron chi connectivity index (χ2n) is 11.2. The van der Waals surface area contributed by atoms with Crippen LogP contribution in [0, 0.1) is 13.8 Å². The van der Waals surface area contributed by atoms with Crippen molar-refractivity contribution in [3.05, 3.63) is 181 Å². The average Bonchev–Trinajstić information content (AvgIpc) is 3.08. The van der Waals surface area contributed by atoms with E-state index >= 15 is 0 Å². The molecule has 0 saturated carbocycles. The van der Waals surface area contributed by atoms with E-state index in [1.165, 1.54) is 33.0 Å². The molecule has 0 fully saturated rings. The largest absolute Gasteiger partial charge is 0.311 e. The fourth-order valence-electron chi connectivity index (χ4n) is 5.94. The molecule has 0 aliphatic heterocycles. The molecule has 0 amide bonds. The summed E-state index contributed by atoms with van der Waals surface area (Å²) in [6.07, 6.45) is 0. The first kappa shape index (κ1) is 27.2. The standard InChI is InChI=1S/C42H34N2/c1-31-17-23-36(24-18-31)43(34-11-5-3-6-12-34)37-27-21-33(22-28-37)39-29-30-42(41-16-10-9-15-40(39)41)44(35-13-7-4-8-14-35)38-25-19-32(2)20-26-38/h3-30H,1-2H3. The van der Waals surface area contributed by atoms with Gasteiger partial charge in [-0.25, -0.2) is 0 Å². The summed E-state index contributed by atoms with van der Waals surface area (Å²) in [5.41, 5.74) is 11.7. The number of fused-ring (bicyclic) bond motifs is 1. The predicted octanol–water partition coefficient (Wildman–Crippen LogP) is 12.1. The van der Waals surface area contributed by atoms with Crippen molar-refractivity contribution in [3.8, 4) is 11.1 Å². The molecule has 7 aromatic carbocycles. The van der Waals surface area contributed by atoms with E-state index < -0.39 is 0 Å². The maximum Gasteiger partial charge on any atom is 0.0540 e. The van der Waals surface area contributed by atoms with Crippen molar-refractivity contribution in [2.24, 2.45) is 0 Å². The van der Waals surface area contributed by atoms with Crippen molar-refractivity contribution in [3.63, 3.8) is 0 Å². The highest BCUT2D eigenvalue weighted by molar-refractivity contribution is 6.06. The molecule has 0 aromatic heterocycles. The van der Waals surface area contributed by atoms with Crippen LogP contribution >= 0.6 is 0 Å². The van der Waals surface area contributed by atoms with Crippen LogP contribution in [0.2, 0.25) is 0 Å². The van der Waals surface area contributed by atoms with Crippen LogP contribution in [0.25, 0.3) is 21.9 Å². The number of anilines is 6. The lowest BCUT2D eigenvalue weighted by atomic mass is 9.96. The summed E-state index contributed by atoms with van der Waals surface area (Å²) >= 11 is 0. The monoisotopic (exact) mass is 566 g/mol. The Balaban J connectivity index is 1.32. The lowest BCUT2D eigenvalue weighted by molar-refractivity contribution is 1.27. The summed E-state index contributed by atoms with van der Waals surface area (Å²) in [5, 5.41) is 2.44. The minimum atomic E-state index is 1.12. The van der Waals surface area contributed by atoms with Gasteiger partial charge in [-0.15, -0.1) is 0 Å². The minimum absolute atomic E-state index is 1.12. The van der Waals surface area contributed by atoms with Crippen molar-refractivity contribution in [2.75, 3.05) is 9.80 Å². The predicted molar refractivity (Wildman–Crippen MR) is 188 cm³/mol. The summed E-state index contributed by atoms with van der Waals surface area (Å²) < 4.78 is 0. The molecule has 2 heteroatoms. The molecule has 0 bridgehead atoms. The highest BCUT2D eigenvalue weighted by Crippen LogP contribution is 2.42. The number of hydrogen-bond donors (Lipinski definition) is 0. The molecule has 0 radical (unpaired) electrons. The number of para-hydroxylation sites is 2. The smallest absolute Gasteiger partial charge is 0.0540 e. The van der Waals surface area contributed by atoms with E-state index in [4.69, 9.17) is 0 Å². The van der Waals surface area contributed by atoms with Crippen LogP contribution in [0.1, 0.15) is 11.1 Å². The van der Waals surface area contributed by atoms with Crippen LogP contribution < -0.4 is 9.80 Å². The summed E-state index contributed by atoms with van der Waals surface area (Å²) in [4.78, 5) is 4.66. The molecule has 0 heterocycles. The van der Waals surface area contributed by atoms with E-state index in [0.717, 1.165) is 34.1 Å². The molecule has 0 saturated heterocycles. The number of hydrogen-bond acceptors (Lipinski definition) is 2. The summed E-state index contributed by atoms with van der Waals surface area (Å²) in [7, 11) is 0. The highest BCUT2D eigenvalue weighted by Gasteiger charge is 2.18. The zero-order valence-corrected chi connectivity index (χ0v) is 25.1. The Kier molecular flexibility index (Phi) is 7.40. The fraction of sp³-hybridized carbons (Fsp3) is 0.0476. The Bertz CT molecular complexity index is 2000. The number of rotatable bonds is 7. The second kappa shape index (κ2) is 11.9. The van der Waals surface area contributed by atoms with Gasteiger partial charge in [0.1, 0.15) is 0 Å². The number of nitrogens with zero attached hydrogens (tertiary/aromatic N) is 2. The van der Waals surface area contributed by atoms with Gasteiger partial charge >= 0.3 is 0 Å². The Morgan fingerprint density at radius 1 is 0.318 bits per heavy atom. The third-order valence-corrected chi connectivity index (χ3v) is 8.19. The lowest BCUT2D eigenvalue weighted by Crippen LogP contribution is -2.10. The first-order valence-electron chi connectivity index (χ1n) is 15.1. The summed E-state index contributed by atoms with van der Waals surface area (Å²) in [6, 6.07) is 60.9. The molecule has 0 N–H and O–H groups in total. The van der Waals surface area contributed by atoms with Crippen molar-refractivity contribution in [2.45, 2.75) is 13.8 Å². The first-order chi connectivity index (χ1) is 21.7. The van der Waals surface area contributed by atoms with Gasteiger partial charge < -0.3 is 9.80 Å². The van der Waals surface area contributed by atoms with Crippen molar-refractivity contribution in [1.82, 2.24) is 0 Å². The molecule has 0 spiro atoms. The fourth-order valence-corrected chi connectivity index (χ4v) is 5.94. The molecule has 0 unspecified atom stereocenters. The van der Waals surface area contributed by atoms with E-state index in [1.54, 1.807) is 0 Å². The van der Waals surface area contributed by atoms with Crippen LogP contribution in [-0.2, 0) is 0 Å². The zero-order valence-electron chi connectivity index (χ0n) is 25.1. The van der Waals surface area contributed by atoms with Crippen LogP contribution in [0.3, 0.4) is 0 Å². The molecule has 44 heavy (non-hydrogen) atoms. The van der Waals surface area contributed by atoms with Gasteiger partial charge in [0.25, 0.3) is 0 Å². The molecule has 7 aromatic rings. The topological polar surface area (TPSA) is 6.48 Å². The van der Waals surface area contributed by atoms with Crippen LogP contribution in [0.4, 0.5) is 34.1 Å². The van der Waals surface area contributed by atoms with E-state index in [1.807, 2.05) is 0 Å². The van der Waals surface area contributed by atoms with Crippen molar-refractivity contribution >= 4 is 44.9 Å². The quantitative estimate of drug-likeness (QED) is 0.189. The highest BCUT2D eigenvalue weighted by atomic mass is 15.1. The first-order valence-corrected chi connectivity index (χ1v) is 15.1. The molecule has 0 aliphatic rings. The molecule has 0 aliphatic carbocycles. The van der Waals surface area contributed by atoms with E-state index in [-0.39, 0.29) is 0 Å². The molecule has 7 rings (SSSR count). The maximum absolute atomic E-state index is 2.36. The number of benzene rings is 7. The van der Waals surface area contributed by atoms with Crippen LogP contribution in [0.15, 0.2) is 170 Å². The second-order valence-corrected chi connectivity index (χ2v) is 11.2.